The average Bonchev–Trinajstić information content (AvgIpc) is 2.87. The van der Waals surface area contributed by atoms with Gasteiger partial charge in [0.05, 0.1) is 17.7 Å². The van der Waals surface area contributed by atoms with Crippen LogP contribution in [0.4, 0.5) is 0 Å². The summed E-state index contributed by atoms with van der Waals surface area (Å²) in [5.41, 5.74) is 7.57. The number of hydrogen-bond acceptors (Lipinski definition) is 8. The molecule has 0 amide bonds. The summed E-state index contributed by atoms with van der Waals surface area (Å²) in [5, 5.41) is 9.49. The molecule has 1 unspecified atom stereocenters. The van der Waals surface area contributed by atoms with Crippen LogP contribution in [-0.2, 0) is 20.9 Å². The summed E-state index contributed by atoms with van der Waals surface area (Å²) in [6.07, 6.45) is 0. The Kier molecular flexibility index (Phi) is 8.88. The molecule has 0 aliphatic carbocycles. The summed E-state index contributed by atoms with van der Waals surface area (Å²) in [7, 11) is 0. The van der Waals surface area contributed by atoms with Crippen LogP contribution < -0.4 is 15.2 Å². The van der Waals surface area contributed by atoms with E-state index in [1.165, 1.54) is 0 Å². The highest BCUT2D eigenvalue weighted by Crippen LogP contribution is 2.29. The van der Waals surface area contributed by atoms with Gasteiger partial charge in [0, 0.05) is 6.07 Å². The number of nitrogens with zero attached hydrogens (tertiary/aromatic N) is 1. The number of benzene rings is 3. The number of esters is 2. The van der Waals surface area contributed by atoms with E-state index in [2.05, 4.69) is 6.07 Å². The third-order valence-electron chi connectivity index (χ3n) is 5.05. The summed E-state index contributed by atoms with van der Waals surface area (Å²) in [6.45, 7) is 7.55. The van der Waals surface area contributed by atoms with Crippen LogP contribution in [0.15, 0.2) is 66.7 Å². The zero-order chi connectivity index (χ0) is 27.0. The number of carbonyl (C=O) groups excluding carboxylic acids is 2. The monoisotopic (exact) mass is 502 g/mol. The van der Waals surface area contributed by atoms with E-state index in [9.17, 15) is 14.9 Å². The molecule has 0 fully saturated rings. The first-order valence-corrected chi connectivity index (χ1v) is 11.8. The van der Waals surface area contributed by atoms with Gasteiger partial charge in [0.15, 0.2) is 0 Å². The fourth-order valence-electron chi connectivity index (χ4n) is 3.30. The van der Waals surface area contributed by atoms with E-state index in [4.69, 9.17) is 24.7 Å². The highest BCUT2D eigenvalue weighted by atomic mass is 16.6. The summed E-state index contributed by atoms with van der Waals surface area (Å²) >= 11 is 0. The smallest absolute Gasteiger partial charge is 0.338 e. The second-order valence-corrected chi connectivity index (χ2v) is 9.16. The first-order valence-electron chi connectivity index (χ1n) is 11.8. The maximum absolute atomic E-state index is 12.2. The molecule has 0 aromatic heterocycles. The minimum absolute atomic E-state index is 0.179. The van der Waals surface area contributed by atoms with Gasteiger partial charge < -0.3 is 24.7 Å². The Balaban J connectivity index is 1.68. The largest absolute Gasteiger partial charge is 0.487 e. The molecule has 192 valence electrons. The zero-order valence-corrected chi connectivity index (χ0v) is 21.3. The second kappa shape index (κ2) is 12.1. The predicted molar refractivity (Wildman–Crippen MR) is 137 cm³/mol. The van der Waals surface area contributed by atoms with Crippen molar-refractivity contribution < 1.29 is 28.5 Å². The number of nitriles is 1. The van der Waals surface area contributed by atoms with Crippen molar-refractivity contribution in [2.75, 3.05) is 6.61 Å². The summed E-state index contributed by atoms with van der Waals surface area (Å²) in [6, 6.07) is 19.8. The Labute approximate surface area is 216 Å². The lowest BCUT2D eigenvalue weighted by atomic mass is 10.1. The van der Waals surface area contributed by atoms with Crippen molar-refractivity contribution in [2.45, 2.75) is 45.9 Å². The third-order valence-corrected chi connectivity index (χ3v) is 5.05. The Bertz CT molecular complexity index is 1290. The lowest BCUT2D eigenvalue weighted by Gasteiger charge is -2.22. The molecule has 0 radical (unpaired) electrons. The van der Waals surface area contributed by atoms with E-state index >= 15 is 0 Å². The van der Waals surface area contributed by atoms with Crippen LogP contribution in [-0.4, -0.2) is 24.1 Å². The molecule has 3 rings (SSSR count). The second-order valence-electron chi connectivity index (χ2n) is 9.16. The van der Waals surface area contributed by atoms with E-state index in [1.54, 1.807) is 94.4 Å². The van der Waals surface area contributed by atoms with Crippen LogP contribution in [0.1, 0.15) is 60.8 Å². The van der Waals surface area contributed by atoms with Gasteiger partial charge >= 0.3 is 11.9 Å². The quantitative estimate of drug-likeness (QED) is 0.384. The molecular weight excluding hydrogens is 472 g/mol. The van der Waals surface area contributed by atoms with Gasteiger partial charge in [0.2, 0.25) is 0 Å². The zero-order valence-electron chi connectivity index (χ0n) is 21.3. The molecule has 8 heteroatoms. The first kappa shape index (κ1) is 27.2. The van der Waals surface area contributed by atoms with Crippen LogP contribution in [0, 0.1) is 11.3 Å². The molecule has 0 saturated heterocycles. The molecule has 0 saturated carbocycles. The highest BCUT2D eigenvalue weighted by Gasteiger charge is 2.23. The van der Waals surface area contributed by atoms with Gasteiger partial charge in [-0.05, 0) is 69.2 Å². The molecule has 0 spiro atoms. The highest BCUT2D eigenvalue weighted by molar-refractivity contribution is 5.89. The molecule has 0 aliphatic rings. The number of ether oxygens (including phenoxy) is 4. The van der Waals surface area contributed by atoms with Crippen LogP contribution in [0.2, 0.25) is 0 Å². The minimum Gasteiger partial charge on any atom is -0.487 e. The van der Waals surface area contributed by atoms with Crippen molar-refractivity contribution in [1.29, 1.82) is 5.26 Å². The lowest BCUT2D eigenvalue weighted by molar-refractivity contribution is -0.156. The summed E-state index contributed by atoms with van der Waals surface area (Å²) in [4.78, 5) is 24.2. The van der Waals surface area contributed by atoms with Crippen molar-refractivity contribution in [3.63, 3.8) is 0 Å². The van der Waals surface area contributed by atoms with Gasteiger partial charge in [-0.3, -0.25) is 0 Å². The molecule has 2 N–H and O–H groups in total. The molecular formula is C29H30N2O6. The van der Waals surface area contributed by atoms with Crippen LogP contribution >= 0.6 is 0 Å². The lowest BCUT2D eigenvalue weighted by Crippen LogP contribution is -2.31. The maximum Gasteiger partial charge on any atom is 0.338 e. The Hall–Kier alpha value is -4.35. The van der Waals surface area contributed by atoms with E-state index in [0.29, 0.717) is 33.9 Å². The molecule has 37 heavy (non-hydrogen) atoms. The predicted octanol–water partition coefficient (Wildman–Crippen LogP) is 5.45. The number of nitrogens with two attached hydrogens (primary N) is 1. The van der Waals surface area contributed by atoms with Gasteiger partial charge in [-0.1, -0.05) is 30.3 Å². The van der Waals surface area contributed by atoms with Gasteiger partial charge in [-0.25, -0.2) is 9.59 Å². The molecule has 3 aromatic rings. The Morgan fingerprint density at radius 3 is 2.35 bits per heavy atom. The standard InChI is InChI=1S/C29H30N2O6/c1-5-34-27(32)21-7-6-8-23(15-21)36-24-14-13-22(17-30)25(16-24)35-18-19-9-11-20(12-10-19)26(31)28(33)37-29(2,3)4/h6-16,26H,5,18,31H2,1-4H3. The Morgan fingerprint density at radius 1 is 1.00 bits per heavy atom. The van der Waals surface area contributed by atoms with Gasteiger partial charge in [-0.2, -0.15) is 5.26 Å². The third kappa shape index (κ3) is 7.82. The molecule has 8 nitrogen and oxygen atoms in total. The molecule has 3 aromatic carbocycles. The van der Waals surface area contributed by atoms with Crippen molar-refractivity contribution in [3.8, 4) is 23.3 Å². The number of hydrogen-bond donors (Lipinski definition) is 1. The van der Waals surface area contributed by atoms with Crippen molar-refractivity contribution in [3.05, 3.63) is 89.0 Å². The van der Waals surface area contributed by atoms with Gasteiger partial charge in [0.1, 0.15) is 41.6 Å². The van der Waals surface area contributed by atoms with E-state index in [0.717, 1.165) is 5.56 Å². The topological polar surface area (TPSA) is 121 Å². The molecule has 1 atom stereocenters. The summed E-state index contributed by atoms with van der Waals surface area (Å²) in [5.74, 6) is 0.289. The summed E-state index contributed by atoms with van der Waals surface area (Å²) < 4.78 is 22.2. The SMILES string of the molecule is CCOC(=O)c1cccc(Oc2ccc(C#N)c(OCc3ccc(C(N)C(=O)OC(C)(C)C)cc3)c2)c1. The van der Waals surface area contributed by atoms with Crippen molar-refractivity contribution in [1.82, 2.24) is 0 Å². The normalized spacial score (nSPS) is 11.7. The van der Waals surface area contributed by atoms with Crippen LogP contribution in [0.5, 0.6) is 17.2 Å². The average molecular weight is 503 g/mol. The fourth-order valence-corrected chi connectivity index (χ4v) is 3.30. The number of rotatable bonds is 9. The maximum atomic E-state index is 12.2. The minimum atomic E-state index is -0.893. The van der Waals surface area contributed by atoms with Crippen LogP contribution in [0.25, 0.3) is 0 Å². The van der Waals surface area contributed by atoms with E-state index < -0.39 is 23.6 Å². The molecule has 0 aliphatic heterocycles. The van der Waals surface area contributed by atoms with Crippen LogP contribution in [0.3, 0.4) is 0 Å². The first-order chi connectivity index (χ1) is 17.6. The van der Waals surface area contributed by atoms with E-state index in [1.807, 2.05) is 0 Å². The van der Waals surface area contributed by atoms with Crippen molar-refractivity contribution >= 4 is 11.9 Å². The number of carbonyl (C=O) groups is 2. The van der Waals surface area contributed by atoms with E-state index in [-0.39, 0.29) is 13.2 Å². The fraction of sp³-hybridized carbons (Fsp3) is 0.276. The van der Waals surface area contributed by atoms with Gasteiger partial charge in [-0.15, -0.1) is 0 Å². The molecule has 0 bridgehead atoms. The molecule has 0 heterocycles. The Morgan fingerprint density at radius 2 is 1.70 bits per heavy atom. The van der Waals surface area contributed by atoms with Crippen molar-refractivity contribution in [2.24, 2.45) is 5.73 Å². The van der Waals surface area contributed by atoms with Gasteiger partial charge in [0.25, 0.3) is 0 Å².